The maximum Gasteiger partial charge on any atom is 0.247 e. The molecule has 0 aliphatic heterocycles. The molecule has 5 nitrogen and oxygen atoms in total. The summed E-state index contributed by atoms with van der Waals surface area (Å²) in [5.74, 6) is -0.151. The molecule has 5 heteroatoms. The summed E-state index contributed by atoms with van der Waals surface area (Å²) in [5.41, 5.74) is 5.12. The summed E-state index contributed by atoms with van der Waals surface area (Å²) in [5, 5.41) is 0. The molecule has 1 heterocycles. The van der Waals surface area contributed by atoms with Crippen LogP contribution < -0.4 is 5.73 Å². The van der Waals surface area contributed by atoms with Crippen LogP contribution in [0.3, 0.4) is 0 Å². The highest BCUT2D eigenvalue weighted by molar-refractivity contribution is 5.93. The van der Waals surface area contributed by atoms with Crippen LogP contribution in [0, 0.1) is 0 Å². The Labute approximate surface area is 106 Å². The third-order valence-electron chi connectivity index (χ3n) is 2.37. The molecule has 0 atom stereocenters. The lowest BCUT2D eigenvalue weighted by atomic mass is 10.3. The normalized spacial score (nSPS) is 10.7. The number of carbonyl (C=O) groups is 2. The predicted octanol–water partition coefficient (Wildman–Crippen LogP) is 1.41. The second kappa shape index (κ2) is 7.32. The monoisotopic (exact) mass is 250 g/mol. The molecule has 0 aromatic carbocycles. The molecule has 98 valence electrons. The second-order valence-electron chi connectivity index (χ2n) is 3.93. The Morgan fingerprint density at radius 2 is 2.28 bits per heavy atom. The van der Waals surface area contributed by atoms with Gasteiger partial charge in [-0.25, -0.2) is 0 Å². The van der Waals surface area contributed by atoms with Gasteiger partial charge in [0.05, 0.1) is 12.8 Å². The zero-order chi connectivity index (χ0) is 13.4. The highest BCUT2D eigenvalue weighted by Gasteiger charge is 2.12. The molecule has 2 amide bonds. The highest BCUT2D eigenvalue weighted by Crippen LogP contribution is 2.04. The van der Waals surface area contributed by atoms with E-state index >= 15 is 0 Å². The van der Waals surface area contributed by atoms with Gasteiger partial charge in [0.1, 0.15) is 5.76 Å². The van der Waals surface area contributed by atoms with E-state index in [2.05, 4.69) is 0 Å². The largest absolute Gasteiger partial charge is 0.465 e. The van der Waals surface area contributed by atoms with Gasteiger partial charge in [-0.1, -0.05) is 13.3 Å². The maximum absolute atomic E-state index is 11.9. The number of amides is 2. The van der Waals surface area contributed by atoms with Gasteiger partial charge in [-0.15, -0.1) is 0 Å². The van der Waals surface area contributed by atoms with E-state index < -0.39 is 5.91 Å². The third kappa shape index (κ3) is 4.86. The van der Waals surface area contributed by atoms with Crippen LogP contribution >= 0.6 is 0 Å². The van der Waals surface area contributed by atoms with Crippen molar-refractivity contribution in [2.75, 3.05) is 13.1 Å². The molecule has 0 saturated heterocycles. The molecule has 0 radical (unpaired) electrons. The Morgan fingerprint density at radius 3 is 2.83 bits per heavy atom. The van der Waals surface area contributed by atoms with Gasteiger partial charge >= 0.3 is 0 Å². The lowest BCUT2D eigenvalue weighted by Crippen LogP contribution is -2.38. The smallest absolute Gasteiger partial charge is 0.247 e. The average molecular weight is 250 g/mol. The van der Waals surface area contributed by atoms with Crippen molar-refractivity contribution in [3.05, 3.63) is 30.2 Å². The number of hydrogen-bond donors (Lipinski definition) is 1. The lowest BCUT2D eigenvalue weighted by Gasteiger charge is -2.18. The summed E-state index contributed by atoms with van der Waals surface area (Å²) in [6.07, 6.45) is 6.28. The summed E-state index contributed by atoms with van der Waals surface area (Å²) < 4.78 is 5.08. The topological polar surface area (TPSA) is 76.5 Å². The molecule has 0 fully saturated rings. The van der Waals surface area contributed by atoms with Gasteiger partial charge in [0.15, 0.2) is 0 Å². The lowest BCUT2D eigenvalue weighted by molar-refractivity contribution is -0.131. The molecule has 0 spiro atoms. The first-order valence-corrected chi connectivity index (χ1v) is 5.92. The number of unbranched alkanes of at least 4 members (excludes halogenated alkanes) is 1. The second-order valence-corrected chi connectivity index (χ2v) is 3.93. The van der Waals surface area contributed by atoms with E-state index in [1.54, 1.807) is 18.2 Å². The van der Waals surface area contributed by atoms with Gasteiger partial charge in [-0.2, -0.15) is 0 Å². The Kier molecular flexibility index (Phi) is 5.70. The van der Waals surface area contributed by atoms with Crippen molar-refractivity contribution >= 4 is 17.9 Å². The molecule has 0 bridgehead atoms. The number of rotatable bonds is 7. The predicted molar refractivity (Wildman–Crippen MR) is 68.4 cm³/mol. The molecule has 0 aliphatic rings. The molecule has 0 aliphatic carbocycles. The number of nitrogens with zero attached hydrogens (tertiary/aromatic N) is 1. The van der Waals surface area contributed by atoms with E-state index in [-0.39, 0.29) is 12.5 Å². The van der Waals surface area contributed by atoms with Crippen LogP contribution in [0.4, 0.5) is 0 Å². The number of hydrogen-bond acceptors (Lipinski definition) is 3. The van der Waals surface area contributed by atoms with Crippen LogP contribution in [0.5, 0.6) is 0 Å². The zero-order valence-corrected chi connectivity index (χ0v) is 10.5. The first-order chi connectivity index (χ1) is 8.63. The SMILES string of the molecule is CCCCN(CC(N)=O)C(=O)/C=C/c1ccco1. The molecule has 2 N–H and O–H groups in total. The van der Waals surface area contributed by atoms with Gasteiger partial charge in [-0.3, -0.25) is 9.59 Å². The minimum Gasteiger partial charge on any atom is -0.465 e. The van der Waals surface area contributed by atoms with Gasteiger partial charge in [0.2, 0.25) is 11.8 Å². The average Bonchev–Trinajstić information content (AvgIpc) is 2.84. The fraction of sp³-hybridized carbons (Fsp3) is 0.385. The number of nitrogens with two attached hydrogens (primary N) is 1. The first-order valence-electron chi connectivity index (χ1n) is 5.92. The Balaban J connectivity index is 2.60. The fourth-order valence-electron chi connectivity index (χ4n) is 1.45. The van der Waals surface area contributed by atoms with Crippen molar-refractivity contribution in [1.82, 2.24) is 4.90 Å². The van der Waals surface area contributed by atoms with Crippen molar-refractivity contribution in [1.29, 1.82) is 0 Å². The van der Waals surface area contributed by atoms with Crippen LogP contribution in [-0.4, -0.2) is 29.8 Å². The van der Waals surface area contributed by atoms with Crippen molar-refractivity contribution in [3.63, 3.8) is 0 Å². The molecular formula is C13H18N2O3. The van der Waals surface area contributed by atoms with E-state index in [1.807, 2.05) is 6.92 Å². The van der Waals surface area contributed by atoms with E-state index in [0.29, 0.717) is 12.3 Å². The molecule has 1 rings (SSSR count). The maximum atomic E-state index is 11.9. The minimum atomic E-state index is -0.508. The highest BCUT2D eigenvalue weighted by atomic mass is 16.3. The molecule has 0 saturated carbocycles. The van der Waals surface area contributed by atoms with Gasteiger partial charge in [0, 0.05) is 12.6 Å². The molecule has 1 aromatic heterocycles. The molecular weight excluding hydrogens is 232 g/mol. The minimum absolute atomic E-state index is 0.0542. The van der Waals surface area contributed by atoms with Crippen LogP contribution in [0.2, 0.25) is 0 Å². The van der Waals surface area contributed by atoms with E-state index in [9.17, 15) is 9.59 Å². The van der Waals surface area contributed by atoms with Crippen molar-refractivity contribution in [3.8, 4) is 0 Å². The van der Waals surface area contributed by atoms with Gasteiger partial charge < -0.3 is 15.1 Å². The third-order valence-corrected chi connectivity index (χ3v) is 2.37. The van der Waals surface area contributed by atoms with Crippen molar-refractivity contribution < 1.29 is 14.0 Å². The molecule has 0 unspecified atom stereocenters. The summed E-state index contributed by atoms with van der Waals surface area (Å²) in [6.45, 7) is 2.49. The van der Waals surface area contributed by atoms with E-state index in [1.165, 1.54) is 17.2 Å². The quantitative estimate of drug-likeness (QED) is 0.743. The van der Waals surface area contributed by atoms with Crippen molar-refractivity contribution in [2.45, 2.75) is 19.8 Å². The van der Waals surface area contributed by atoms with Crippen LogP contribution in [-0.2, 0) is 9.59 Å². The number of carbonyl (C=O) groups excluding carboxylic acids is 2. The van der Waals surface area contributed by atoms with Gasteiger partial charge in [-0.05, 0) is 24.6 Å². The number of furan rings is 1. The van der Waals surface area contributed by atoms with Crippen molar-refractivity contribution in [2.24, 2.45) is 5.73 Å². The number of primary amides is 1. The van der Waals surface area contributed by atoms with Crippen LogP contribution in [0.1, 0.15) is 25.5 Å². The first kappa shape index (κ1) is 14.0. The fourth-order valence-corrected chi connectivity index (χ4v) is 1.45. The van der Waals surface area contributed by atoms with E-state index in [4.69, 9.17) is 10.2 Å². The van der Waals surface area contributed by atoms with Crippen LogP contribution in [0.25, 0.3) is 6.08 Å². The summed E-state index contributed by atoms with van der Waals surface area (Å²) in [4.78, 5) is 24.2. The summed E-state index contributed by atoms with van der Waals surface area (Å²) in [7, 11) is 0. The van der Waals surface area contributed by atoms with Gasteiger partial charge in [0.25, 0.3) is 0 Å². The summed E-state index contributed by atoms with van der Waals surface area (Å²) >= 11 is 0. The summed E-state index contributed by atoms with van der Waals surface area (Å²) in [6, 6.07) is 3.48. The van der Waals surface area contributed by atoms with Crippen LogP contribution in [0.15, 0.2) is 28.9 Å². The molecule has 1 aromatic rings. The molecule has 18 heavy (non-hydrogen) atoms. The Bertz CT molecular complexity index is 410. The van der Waals surface area contributed by atoms with E-state index in [0.717, 1.165) is 12.8 Å². The standard InChI is InChI=1S/C13H18N2O3/c1-2-3-8-15(10-12(14)16)13(17)7-6-11-5-4-9-18-11/h4-7,9H,2-3,8,10H2,1H3,(H2,14,16)/b7-6+. The zero-order valence-electron chi connectivity index (χ0n) is 10.5. The Hall–Kier alpha value is -2.04. The Morgan fingerprint density at radius 1 is 1.50 bits per heavy atom.